The third-order valence-corrected chi connectivity index (χ3v) is 3.34. The molecule has 0 saturated carbocycles. The fraction of sp³-hybridized carbons (Fsp3) is 0.385. The fourth-order valence-corrected chi connectivity index (χ4v) is 1.95. The van der Waals surface area contributed by atoms with Gasteiger partial charge >= 0.3 is 5.97 Å². The molecule has 114 valence electrons. The summed E-state index contributed by atoms with van der Waals surface area (Å²) in [5.74, 6) is -2.15. The number of halogens is 1. The highest BCUT2D eigenvalue weighted by atomic mass is 35.5. The summed E-state index contributed by atoms with van der Waals surface area (Å²) in [6.07, 6.45) is 0.562. The molecule has 0 aliphatic heterocycles. The Kier molecular flexibility index (Phi) is 5.66. The number of carbonyl (C=O) groups is 2. The molecule has 0 fully saturated rings. The summed E-state index contributed by atoms with van der Waals surface area (Å²) in [7, 11) is 0. The Bertz CT molecular complexity index is 576. The zero-order chi connectivity index (χ0) is 16.2. The van der Waals surface area contributed by atoms with Crippen molar-refractivity contribution in [1.29, 1.82) is 0 Å². The average Bonchev–Trinajstić information content (AvgIpc) is 2.42. The second-order valence-corrected chi connectivity index (χ2v) is 5.07. The summed E-state index contributed by atoms with van der Waals surface area (Å²) >= 11 is 5.73. The second kappa shape index (κ2) is 7.03. The van der Waals surface area contributed by atoms with Crippen molar-refractivity contribution in [3.8, 4) is 0 Å². The zero-order valence-corrected chi connectivity index (χ0v) is 12.3. The number of nitro benzene ring substituents is 1. The maximum Gasteiger partial charge on any atom is 0.326 e. The normalized spacial score (nSPS) is 13.3. The van der Waals surface area contributed by atoms with E-state index >= 15 is 0 Å². The number of rotatable bonds is 6. The second-order valence-electron chi connectivity index (χ2n) is 4.63. The number of carboxylic acid groups (broad SMARTS) is 1. The first-order valence-corrected chi connectivity index (χ1v) is 6.62. The van der Waals surface area contributed by atoms with Gasteiger partial charge in [-0.25, -0.2) is 4.79 Å². The molecule has 0 aliphatic rings. The maximum atomic E-state index is 12.1. The Morgan fingerprint density at radius 1 is 1.43 bits per heavy atom. The minimum absolute atomic E-state index is 0.0322. The molecule has 0 bridgehead atoms. The number of nitro groups is 1. The van der Waals surface area contributed by atoms with E-state index in [-0.39, 0.29) is 22.2 Å². The Morgan fingerprint density at radius 3 is 2.52 bits per heavy atom. The lowest BCUT2D eigenvalue weighted by atomic mass is 9.99. The molecular formula is C13H15ClN2O5. The van der Waals surface area contributed by atoms with E-state index in [1.807, 2.05) is 0 Å². The lowest BCUT2D eigenvalue weighted by Gasteiger charge is -2.20. The van der Waals surface area contributed by atoms with Crippen LogP contribution in [0.5, 0.6) is 0 Å². The Hall–Kier alpha value is -2.15. The van der Waals surface area contributed by atoms with E-state index in [1.54, 1.807) is 13.8 Å². The van der Waals surface area contributed by atoms with Gasteiger partial charge in [0.25, 0.3) is 11.6 Å². The molecule has 1 aromatic rings. The quantitative estimate of drug-likeness (QED) is 0.619. The molecule has 7 nitrogen and oxygen atoms in total. The van der Waals surface area contributed by atoms with Crippen LogP contribution in [0.1, 0.15) is 30.6 Å². The molecule has 0 aliphatic carbocycles. The molecule has 2 N–H and O–H groups in total. The Balaban J connectivity index is 3.03. The molecule has 2 unspecified atom stereocenters. The number of carbonyl (C=O) groups excluding carboxylic acids is 1. The number of nitrogens with one attached hydrogen (secondary N) is 1. The monoisotopic (exact) mass is 314 g/mol. The predicted molar refractivity (Wildman–Crippen MR) is 76.5 cm³/mol. The maximum absolute atomic E-state index is 12.1. The molecule has 0 saturated heterocycles. The van der Waals surface area contributed by atoms with Crippen molar-refractivity contribution in [2.75, 3.05) is 0 Å². The standard InChI is InChI=1S/C13H15ClN2O5/c1-3-7(2)11(13(18)19)15-12(17)8-4-9(14)6-10(5-8)16(20)21/h4-7,11H,3H2,1-2H3,(H,15,17)(H,18,19). The van der Waals surface area contributed by atoms with Gasteiger partial charge in [-0.05, 0) is 12.0 Å². The SMILES string of the molecule is CCC(C)C(NC(=O)c1cc(Cl)cc([N+](=O)[O-])c1)C(=O)O. The first kappa shape index (κ1) is 16.9. The summed E-state index contributed by atoms with van der Waals surface area (Å²) in [4.78, 5) is 33.3. The molecule has 8 heteroatoms. The summed E-state index contributed by atoms with van der Waals surface area (Å²) in [5, 5.41) is 22.2. The third kappa shape index (κ3) is 4.42. The molecule has 1 rings (SSSR count). The molecule has 0 spiro atoms. The van der Waals surface area contributed by atoms with Gasteiger partial charge in [0.05, 0.1) is 4.92 Å². The summed E-state index contributed by atoms with van der Waals surface area (Å²) in [6.45, 7) is 3.50. The number of carboxylic acids is 1. The summed E-state index contributed by atoms with van der Waals surface area (Å²) < 4.78 is 0. The van der Waals surface area contributed by atoms with Crippen LogP contribution in [0.4, 0.5) is 5.69 Å². The van der Waals surface area contributed by atoms with Crippen molar-refractivity contribution in [3.63, 3.8) is 0 Å². The third-order valence-electron chi connectivity index (χ3n) is 3.12. The number of hydrogen-bond donors (Lipinski definition) is 2. The van der Waals surface area contributed by atoms with Crippen molar-refractivity contribution in [2.24, 2.45) is 5.92 Å². The first-order chi connectivity index (χ1) is 9.76. The van der Waals surface area contributed by atoms with Crippen molar-refractivity contribution in [3.05, 3.63) is 38.9 Å². The van der Waals surface area contributed by atoms with Crippen molar-refractivity contribution in [2.45, 2.75) is 26.3 Å². The van der Waals surface area contributed by atoms with Gasteiger partial charge in [-0.2, -0.15) is 0 Å². The van der Waals surface area contributed by atoms with E-state index in [0.717, 1.165) is 12.1 Å². The Labute approximate surface area is 126 Å². The largest absolute Gasteiger partial charge is 0.480 e. The minimum Gasteiger partial charge on any atom is -0.480 e. The molecule has 1 aromatic carbocycles. The van der Waals surface area contributed by atoms with Gasteiger partial charge in [-0.3, -0.25) is 14.9 Å². The van der Waals surface area contributed by atoms with Crippen LogP contribution in [0.25, 0.3) is 0 Å². The average molecular weight is 315 g/mol. The van der Waals surface area contributed by atoms with Gasteiger partial charge in [0.15, 0.2) is 0 Å². The van der Waals surface area contributed by atoms with Crippen LogP contribution in [0.3, 0.4) is 0 Å². The lowest BCUT2D eigenvalue weighted by molar-refractivity contribution is -0.384. The lowest BCUT2D eigenvalue weighted by Crippen LogP contribution is -2.45. The topological polar surface area (TPSA) is 110 Å². The molecule has 21 heavy (non-hydrogen) atoms. The van der Waals surface area contributed by atoms with E-state index < -0.39 is 22.8 Å². The molecule has 0 heterocycles. The molecule has 1 amide bonds. The molecule has 2 atom stereocenters. The van der Waals surface area contributed by atoms with Gasteiger partial charge in [0.2, 0.25) is 0 Å². The first-order valence-electron chi connectivity index (χ1n) is 6.25. The van der Waals surface area contributed by atoms with Crippen LogP contribution < -0.4 is 5.32 Å². The van der Waals surface area contributed by atoms with Crippen LogP contribution in [0.2, 0.25) is 5.02 Å². The zero-order valence-electron chi connectivity index (χ0n) is 11.5. The van der Waals surface area contributed by atoms with Crippen molar-refractivity contribution >= 4 is 29.2 Å². The van der Waals surface area contributed by atoms with Crippen LogP contribution in [-0.4, -0.2) is 27.9 Å². The predicted octanol–water partition coefficient (Wildman–Crippen LogP) is 2.48. The van der Waals surface area contributed by atoms with Crippen LogP contribution in [-0.2, 0) is 4.79 Å². The van der Waals surface area contributed by atoms with Crippen LogP contribution >= 0.6 is 11.6 Å². The molecular weight excluding hydrogens is 300 g/mol. The van der Waals surface area contributed by atoms with Crippen molar-refractivity contribution in [1.82, 2.24) is 5.32 Å². The Morgan fingerprint density at radius 2 is 2.05 bits per heavy atom. The highest BCUT2D eigenvalue weighted by molar-refractivity contribution is 6.31. The van der Waals surface area contributed by atoms with Gasteiger partial charge in [-0.1, -0.05) is 31.9 Å². The summed E-state index contributed by atoms with van der Waals surface area (Å²) in [6, 6.07) is 2.35. The number of benzene rings is 1. The smallest absolute Gasteiger partial charge is 0.326 e. The minimum atomic E-state index is -1.16. The van der Waals surface area contributed by atoms with E-state index in [2.05, 4.69) is 5.32 Å². The number of non-ortho nitro benzene ring substituents is 1. The van der Waals surface area contributed by atoms with E-state index in [0.29, 0.717) is 6.42 Å². The van der Waals surface area contributed by atoms with Gasteiger partial charge in [0, 0.05) is 22.7 Å². The molecule has 0 radical (unpaired) electrons. The number of nitrogens with zero attached hydrogens (tertiary/aromatic N) is 1. The number of hydrogen-bond acceptors (Lipinski definition) is 4. The van der Waals surface area contributed by atoms with E-state index in [1.165, 1.54) is 6.07 Å². The van der Waals surface area contributed by atoms with Gasteiger partial charge in [0.1, 0.15) is 6.04 Å². The number of aliphatic carboxylic acids is 1. The highest BCUT2D eigenvalue weighted by Gasteiger charge is 2.26. The summed E-state index contributed by atoms with van der Waals surface area (Å²) in [5.41, 5.74) is -0.383. The fourth-order valence-electron chi connectivity index (χ4n) is 1.72. The van der Waals surface area contributed by atoms with Crippen molar-refractivity contribution < 1.29 is 19.6 Å². The highest BCUT2D eigenvalue weighted by Crippen LogP contribution is 2.21. The van der Waals surface area contributed by atoms with E-state index in [9.17, 15) is 19.7 Å². The van der Waals surface area contributed by atoms with Crippen LogP contribution in [0.15, 0.2) is 18.2 Å². The van der Waals surface area contributed by atoms with E-state index in [4.69, 9.17) is 16.7 Å². The van der Waals surface area contributed by atoms with Crippen LogP contribution in [0, 0.1) is 16.0 Å². The number of amides is 1. The van der Waals surface area contributed by atoms with Gasteiger partial charge in [-0.15, -0.1) is 0 Å². The van der Waals surface area contributed by atoms with Gasteiger partial charge < -0.3 is 10.4 Å². The molecule has 0 aromatic heterocycles.